The van der Waals surface area contributed by atoms with E-state index in [2.05, 4.69) is 17.2 Å². The Labute approximate surface area is 135 Å². The fraction of sp³-hybridized carbons (Fsp3) is 0.167. The normalized spacial score (nSPS) is 9.83. The Kier molecular flexibility index (Phi) is 5.63. The van der Waals surface area contributed by atoms with Crippen molar-refractivity contribution in [2.24, 2.45) is 0 Å². The third-order valence-electron chi connectivity index (χ3n) is 3.21. The SMILES string of the molecule is C=CCNc1ccc(NC(=O)c2cc(OC)cc(OC)c2)cc1. The summed E-state index contributed by atoms with van der Waals surface area (Å²) in [5.41, 5.74) is 2.14. The van der Waals surface area contributed by atoms with Gasteiger partial charge in [0.15, 0.2) is 0 Å². The van der Waals surface area contributed by atoms with Crippen molar-refractivity contribution in [2.45, 2.75) is 0 Å². The Morgan fingerprint density at radius 3 is 2.13 bits per heavy atom. The van der Waals surface area contributed by atoms with E-state index in [4.69, 9.17) is 9.47 Å². The van der Waals surface area contributed by atoms with E-state index in [0.29, 0.717) is 29.3 Å². The number of carbonyl (C=O) groups excluding carboxylic acids is 1. The average molecular weight is 312 g/mol. The Bertz CT molecular complexity index is 659. The molecule has 0 aliphatic heterocycles. The summed E-state index contributed by atoms with van der Waals surface area (Å²) in [7, 11) is 3.09. The van der Waals surface area contributed by atoms with Crippen molar-refractivity contribution in [3.05, 3.63) is 60.7 Å². The number of rotatable bonds is 7. The van der Waals surface area contributed by atoms with Crippen molar-refractivity contribution in [2.75, 3.05) is 31.4 Å². The van der Waals surface area contributed by atoms with Gasteiger partial charge in [-0.3, -0.25) is 4.79 Å². The van der Waals surface area contributed by atoms with Crippen LogP contribution >= 0.6 is 0 Å². The summed E-state index contributed by atoms with van der Waals surface area (Å²) in [6.07, 6.45) is 1.78. The van der Waals surface area contributed by atoms with Crippen molar-refractivity contribution in [1.29, 1.82) is 0 Å². The van der Waals surface area contributed by atoms with Crippen LogP contribution in [-0.2, 0) is 0 Å². The van der Waals surface area contributed by atoms with Gasteiger partial charge >= 0.3 is 0 Å². The van der Waals surface area contributed by atoms with Crippen LogP contribution < -0.4 is 20.1 Å². The lowest BCUT2D eigenvalue weighted by Crippen LogP contribution is -2.12. The molecule has 2 rings (SSSR count). The summed E-state index contributed by atoms with van der Waals surface area (Å²) in [5.74, 6) is 0.908. The van der Waals surface area contributed by atoms with Gasteiger partial charge in [0.25, 0.3) is 5.91 Å². The molecular formula is C18H20N2O3. The van der Waals surface area contributed by atoms with Gasteiger partial charge in [0.05, 0.1) is 14.2 Å². The third-order valence-corrected chi connectivity index (χ3v) is 3.21. The molecule has 0 unspecified atom stereocenters. The van der Waals surface area contributed by atoms with Crippen molar-refractivity contribution in [3.8, 4) is 11.5 Å². The first-order valence-corrected chi connectivity index (χ1v) is 7.15. The molecule has 1 amide bonds. The molecule has 2 N–H and O–H groups in total. The van der Waals surface area contributed by atoms with E-state index in [-0.39, 0.29) is 5.91 Å². The van der Waals surface area contributed by atoms with Crippen LogP contribution in [0, 0.1) is 0 Å². The van der Waals surface area contributed by atoms with Gasteiger partial charge in [-0.1, -0.05) is 6.08 Å². The maximum atomic E-state index is 12.4. The summed E-state index contributed by atoms with van der Waals surface area (Å²) in [6, 6.07) is 12.5. The van der Waals surface area contributed by atoms with Gasteiger partial charge in [-0.25, -0.2) is 0 Å². The molecule has 0 saturated heterocycles. The van der Waals surface area contributed by atoms with Crippen LogP contribution in [0.25, 0.3) is 0 Å². The second kappa shape index (κ2) is 7.89. The summed E-state index contributed by atoms with van der Waals surface area (Å²) in [6.45, 7) is 4.34. The Hall–Kier alpha value is -2.95. The zero-order chi connectivity index (χ0) is 16.7. The molecular weight excluding hydrogens is 292 g/mol. The Morgan fingerprint density at radius 2 is 1.61 bits per heavy atom. The number of nitrogens with one attached hydrogen (secondary N) is 2. The van der Waals surface area contributed by atoms with Crippen LogP contribution in [-0.4, -0.2) is 26.7 Å². The second-order valence-electron chi connectivity index (χ2n) is 4.80. The van der Waals surface area contributed by atoms with E-state index >= 15 is 0 Å². The molecule has 5 nitrogen and oxygen atoms in total. The van der Waals surface area contributed by atoms with E-state index < -0.39 is 0 Å². The number of hydrogen-bond acceptors (Lipinski definition) is 4. The van der Waals surface area contributed by atoms with Crippen molar-refractivity contribution in [3.63, 3.8) is 0 Å². The number of methoxy groups -OCH3 is 2. The molecule has 0 radical (unpaired) electrons. The zero-order valence-electron chi connectivity index (χ0n) is 13.3. The standard InChI is InChI=1S/C18H20N2O3/c1-4-9-19-14-5-7-15(8-6-14)20-18(21)13-10-16(22-2)12-17(11-13)23-3/h4-8,10-12,19H,1,9H2,2-3H3,(H,20,21). The fourth-order valence-electron chi connectivity index (χ4n) is 2.00. The molecule has 0 fully saturated rings. The molecule has 0 saturated carbocycles. The number of anilines is 2. The predicted octanol–water partition coefficient (Wildman–Crippen LogP) is 3.55. The number of hydrogen-bond donors (Lipinski definition) is 2. The molecule has 0 atom stereocenters. The molecule has 0 bridgehead atoms. The first-order valence-electron chi connectivity index (χ1n) is 7.15. The van der Waals surface area contributed by atoms with Gasteiger partial charge in [-0.2, -0.15) is 0 Å². The first-order chi connectivity index (χ1) is 11.2. The largest absolute Gasteiger partial charge is 0.497 e. The van der Waals surface area contributed by atoms with Crippen LogP contribution in [0.2, 0.25) is 0 Å². The lowest BCUT2D eigenvalue weighted by Gasteiger charge is -2.10. The minimum atomic E-state index is -0.228. The van der Waals surface area contributed by atoms with Crippen molar-refractivity contribution in [1.82, 2.24) is 0 Å². The van der Waals surface area contributed by atoms with Gasteiger partial charge in [-0.15, -0.1) is 6.58 Å². The van der Waals surface area contributed by atoms with Gasteiger partial charge in [0.2, 0.25) is 0 Å². The second-order valence-corrected chi connectivity index (χ2v) is 4.80. The maximum Gasteiger partial charge on any atom is 0.255 e. The van der Waals surface area contributed by atoms with Crippen LogP contribution in [0.5, 0.6) is 11.5 Å². The third kappa shape index (κ3) is 4.51. The molecule has 2 aromatic carbocycles. The maximum absolute atomic E-state index is 12.4. The van der Waals surface area contributed by atoms with Gasteiger partial charge in [0.1, 0.15) is 11.5 Å². The van der Waals surface area contributed by atoms with Crippen LogP contribution in [0.1, 0.15) is 10.4 Å². The van der Waals surface area contributed by atoms with Gasteiger partial charge in [-0.05, 0) is 36.4 Å². The molecule has 23 heavy (non-hydrogen) atoms. The fourth-order valence-corrected chi connectivity index (χ4v) is 2.00. The molecule has 0 aromatic heterocycles. The summed E-state index contributed by atoms with van der Waals surface area (Å²) >= 11 is 0. The minimum Gasteiger partial charge on any atom is -0.497 e. The molecule has 5 heteroatoms. The van der Waals surface area contributed by atoms with E-state index in [1.165, 1.54) is 0 Å². The van der Waals surface area contributed by atoms with E-state index in [1.54, 1.807) is 38.5 Å². The molecule has 0 aliphatic carbocycles. The number of benzene rings is 2. The first kappa shape index (κ1) is 16.4. The van der Waals surface area contributed by atoms with E-state index in [9.17, 15) is 4.79 Å². The predicted molar refractivity (Wildman–Crippen MR) is 92.6 cm³/mol. The number of carbonyl (C=O) groups is 1. The molecule has 0 heterocycles. The molecule has 120 valence electrons. The van der Waals surface area contributed by atoms with Crippen LogP contribution in [0.4, 0.5) is 11.4 Å². The van der Waals surface area contributed by atoms with Crippen LogP contribution in [0.3, 0.4) is 0 Å². The van der Waals surface area contributed by atoms with Crippen molar-refractivity contribution >= 4 is 17.3 Å². The molecule has 2 aromatic rings. The quantitative estimate of drug-likeness (QED) is 0.768. The van der Waals surface area contributed by atoms with E-state index in [1.807, 2.05) is 24.3 Å². The number of ether oxygens (including phenoxy) is 2. The molecule has 0 spiro atoms. The summed E-state index contributed by atoms with van der Waals surface area (Å²) in [5, 5.41) is 6.02. The lowest BCUT2D eigenvalue weighted by atomic mass is 10.1. The topological polar surface area (TPSA) is 59.6 Å². The Balaban J connectivity index is 2.10. The number of amides is 1. The average Bonchev–Trinajstić information content (AvgIpc) is 2.60. The highest BCUT2D eigenvalue weighted by Crippen LogP contribution is 2.23. The van der Waals surface area contributed by atoms with Gasteiger partial charge < -0.3 is 20.1 Å². The van der Waals surface area contributed by atoms with Gasteiger partial charge in [0, 0.05) is 29.5 Å². The molecule has 0 aliphatic rings. The van der Waals surface area contributed by atoms with Crippen LogP contribution in [0.15, 0.2) is 55.1 Å². The minimum absolute atomic E-state index is 0.228. The highest BCUT2D eigenvalue weighted by atomic mass is 16.5. The lowest BCUT2D eigenvalue weighted by molar-refractivity contribution is 0.102. The highest BCUT2D eigenvalue weighted by Gasteiger charge is 2.10. The van der Waals surface area contributed by atoms with Crippen molar-refractivity contribution < 1.29 is 14.3 Å². The smallest absolute Gasteiger partial charge is 0.255 e. The highest BCUT2D eigenvalue weighted by molar-refractivity contribution is 6.04. The Morgan fingerprint density at radius 1 is 1.04 bits per heavy atom. The monoisotopic (exact) mass is 312 g/mol. The van der Waals surface area contributed by atoms with E-state index in [0.717, 1.165) is 5.69 Å². The summed E-state index contributed by atoms with van der Waals surface area (Å²) in [4.78, 5) is 12.4. The zero-order valence-corrected chi connectivity index (χ0v) is 13.3. The summed E-state index contributed by atoms with van der Waals surface area (Å²) < 4.78 is 10.3.